The predicted molar refractivity (Wildman–Crippen MR) is 368 cm³/mol. The van der Waals surface area contributed by atoms with Gasteiger partial charge in [-0.2, -0.15) is 0 Å². The Balaban J connectivity index is 5.22. The van der Waals surface area contributed by atoms with Gasteiger partial charge in [0.25, 0.3) is 0 Å². The van der Waals surface area contributed by atoms with Gasteiger partial charge in [-0.3, -0.25) is 37.3 Å². The van der Waals surface area contributed by atoms with Crippen molar-refractivity contribution in [3.8, 4) is 0 Å². The molecule has 19 heteroatoms. The van der Waals surface area contributed by atoms with Crippen LogP contribution in [0.15, 0.2) is 0 Å². The predicted octanol–water partition coefficient (Wildman–Crippen LogP) is 20.9. The first-order valence-electron chi connectivity index (χ1n) is 37.7. The number of esters is 4. The standard InChI is InChI=1S/C72H140O17P2/c1-6-10-13-16-19-22-24-26-28-29-31-33-35-38-41-47-52-57-71(76)88-67(61-83-70(75)56-51-46-40-37-34-32-30-27-25-23-20-17-14-11-7-2)63-86-90(78,79)84-59-66(73)60-85-91(80,81)87-64-68(62-82-69(74)55-50-45-39-36-21-18-15-12-8-3)89-72(77)58-53-48-43-42-44-49-54-65(5)9-4/h65-68,73H,6-64H2,1-5H3,(H,78,79)(H,80,81)/t65?,66-,67-,68-/m1/s1. The van der Waals surface area contributed by atoms with E-state index >= 15 is 0 Å². The minimum Gasteiger partial charge on any atom is -0.462 e. The van der Waals surface area contributed by atoms with Gasteiger partial charge in [0.1, 0.15) is 19.3 Å². The van der Waals surface area contributed by atoms with Crippen LogP contribution in [0.1, 0.15) is 375 Å². The van der Waals surface area contributed by atoms with Gasteiger partial charge in [0.05, 0.1) is 26.4 Å². The van der Waals surface area contributed by atoms with E-state index in [2.05, 4.69) is 34.6 Å². The summed E-state index contributed by atoms with van der Waals surface area (Å²) in [5, 5.41) is 10.6. The molecule has 540 valence electrons. The maximum Gasteiger partial charge on any atom is 0.472 e. The zero-order valence-corrected chi connectivity index (χ0v) is 60.8. The van der Waals surface area contributed by atoms with Crippen molar-refractivity contribution in [2.45, 2.75) is 393 Å². The molecule has 0 aliphatic rings. The van der Waals surface area contributed by atoms with Crippen LogP contribution in [0.5, 0.6) is 0 Å². The SMILES string of the molecule is CCCCCCCCCCCCCCCCCCCC(=O)O[C@H](COC(=O)CCCCCCCCCCCCCCCCC)COP(=O)(O)OC[C@@H](O)COP(=O)(O)OC[C@@H](COC(=O)CCCCCCCCCCC)OC(=O)CCCCCCCCC(C)CC. The number of hydrogen-bond acceptors (Lipinski definition) is 15. The summed E-state index contributed by atoms with van der Waals surface area (Å²) in [4.78, 5) is 72.6. The summed E-state index contributed by atoms with van der Waals surface area (Å²) in [5.74, 6) is -1.40. The van der Waals surface area contributed by atoms with E-state index in [0.29, 0.717) is 25.7 Å². The Morgan fingerprint density at radius 3 is 0.780 bits per heavy atom. The first-order chi connectivity index (χ1) is 44.1. The number of phosphoric acid groups is 2. The third kappa shape index (κ3) is 65.1. The lowest BCUT2D eigenvalue weighted by Crippen LogP contribution is -2.30. The fraction of sp³-hybridized carbons (Fsp3) is 0.944. The molecule has 0 aliphatic heterocycles. The first-order valence-corrected chi connectivity index (χ1v) is 40.7. The molecule has 0 spiro atoms. The molecule has 0 saturated heterocycles. The molecule has 0 aromatic heterocycles. The molecule has 0 aromatic rings. The van der Waals surface area contributed by atoms with Crippen LogP contribution >= 0.6 is 15.6 Å². The summed E-state index contributed by atoms with van der Waals surface area (Å²) in [6.45, 7) is 7.20. The summed E-state index contributed by atoms with van der Waals surface area (Å²) < 4.78 is 68.3. The van der Waals surface area contributed by atoms with Crippen LogP contribution in [0.25, 0.3) is 0 Å². The van der Waals surface area contributed by atoms with Crippen LogP contribution in [-0.4, -0.2) is 96.7 Å². The topological polar surface area (TPSA) is 237 Å². The molecule has 0 bridgehead atoms. The van der Waals surface area contributed by atoms with E-state index in [4.69, 9.17) is 37.0 Å². The zero-order valence-electron chi connectivity index (χ0n) is 59.0. The van der Waals surface area contributed by atoms with E-state index in [-0.39, 0.29) is 25.7 Å². The average molecular weight is 1340 g/mol. The van der Waals surface area contributed by atoms with Crippen molar-refractivity contribution >= 4 is 39.5 Å². The highest BCUT2D eigenvalue weighted by Gasteiger charge is 2.30. The molecule has 17 nitrogen and oxygen atoms in total. The Kier molecular flexibility index (Phi) is 64.0. The molecular formula is C72H140O17P2. The van der Waals surface area contributed by atoms with Crippen LogP contribution in [0.4, 0.5) is 0 Å². The van der Waals surface area contributed by atoms with Crippen molar-refractivity contribution in [2.24, 2.45) is 5.92 Å². The molecule has 3 N–H and O–H groups in total. The summed E-state index contributed by atoms with van der Waals surface area (Å²) in [5.41, 5.74) is 0. The molecule has 0 heterocycles. The molecular weight excluding hydrogens is 1200 g/mol. The number of aliphatic hydroxyl groups excluding tert-OH is 1. The highest BCUT2D eigenvalue weighted by atomic mass is 31.2. The first kappa shape index (κ1) is 89.1. The zero-order chi connectivity index (χ0) is 67.0. The van der Waals surface area contributed by atoms with Crippen LogP contribution in [0.3, 0.4) is 0 Å². The Labute approximate surface area is 556 Å². The van der Waals surface area contributed by atoms with Crippen LogP contribution < -0.4 is 0 Å². The number of hydrogen-bond donors (Lipinski definition) is 3. The molecule has 91 heavy (non-hydrogen) atoms. The van der Waals surface area contributed by atoms with Crippen molar-refractivity contribution in [1.82, 2.24) is 0 Å². The van der Waals surface area contributed by atoms with Crippen molar-refractivity contribution in [3.05, 3.63) is 0 Å². The highest BCUT2D eigenvalue weighted by molar-refractivity contribution is 7.47. The Morgan fingerprint density at radius 1 is 0.308 bits per heavy atom. The number of carbonyl (C=O) groups is 4. The van der Waals surface area contributed by atoms with Gasteiger partial charge >= 0.3 is 39.5 Å². The third-order valence-electron chi connectivity index (χ3n) is 17.1. The lowest BCUT2D eigenvalue weighted by molar-refractivity contribution is -0.161. The second-order valence-corrected chi connectivity index (χ2v) is 29.1. The van der Waals surface area contributed by atoms with Crippen molar-refractivity contribution in [1.29, 1.82) is 0 Å². The van der Waals surface area contributed by atoms with Gasteiger partial charge in [0.15, 0.2) is 12.2 Å². The van der Waals surface area contributed by atoms with Gasteiger partial charge in [-0.05, 0) is 31.6 Å². The molecule has 0 aromatic carbocycles. The van der Waals surface area contributed by atoms with Gasteiger partial charge in [-0.1, -0.05) is 324 Å². The average Bonchev–Trinajstić information content (AvgIpc) is 3.47. The number of carbonyl (C=O) groups excluding carboxylic acids is 4. The molecule has 0 amide bonds. The lowest BCUT2D eigenvalue weighted by Gasteiger charge is -2.21. The lowest BCUT2D eigenvalue weighted by atomic mass is 10.00. The summed E-state index contributed by atoms with van der Waals surface area (Å²) in [6, 6.07) is 0. The van der Waals surface area contributed by atoms with Crippen molar-refractivity contribution in [3.63, 3.8) is 0 Å². The number of unbranched alkanes of at least 4 members (excludes halogenated alkanes) is 43. The van der Waals surface area contributed by atoms with Gasteiger partial charge in [0.2, 0.25) is 0 Å². The van der Waals surface area contributed by atoms with E-state index in [9.17, 15) is 43.2 Å². The molecule has 3 unspecified atom stereocenters. The number of rotatable bonds is 72. The molecule has 0 fully saturated rings. The smallest absolute Gasteiger partial charge is 0.462 e. The summed E-state index contributed by atoms with van der Waals surface area (Å²) in [6.07, 6.45) is 52.8. The Hall–Kier alpha value is -1.94. The minimum atomic E-state index is -4.95. The monoisotopic (exact) mass is 1340 g/mol. The van der Waals surface area contributed by atoms with Crippen LogP contribution in [-0.2, 0) is 65.4 Å². The van der Waals surface area contributed by atoms with Crippen molar-refractivity contribution < 1.29 is 80.2 Å². The molecule has 6 atom stereocenters. The van der Waals surface area contributed by atoms with E-state index in [0.717, 1.165) is 95.8 Å². The largest absolute Gasteiger partial charge is 0.472 e. The Morgan fingerprint density at radius 2 is 0.527 bits per heavy atom. The number of phosphoric ester groups is 2. The van der Waals surface area contributed by atoms with E-state index in [1.165, 1.54) is 199 Å². The van der Waals surface area contributed by atoms with Gasteiger partial charge < -0.3 is 33.8 Å². The normalized spacial score (nSPS) is 14.3. The summed E-state index contributed by atoms with van der Waals surface area (Å²) >= 11 is 0. The second-order valence-electron chi connectivity index (χ2n) is 26.2. The van der Waals surface area contributed by atoms with Crippen LogP contribution in [0.2, 0.25) is 0 Å². The second kappa shape index (κ2) is 65.4. The fourth-order valence-electron chi connectivity index (χ4n) is 11.0. The molecule has 0 saturated carbocycles. The molecule has 0 aliphatic carbocycles. The minimum absolute atomic E-state index is 0.103. The number of ether oxygens (including phenoxy) is 4. The maximum atomic E-state index is 13.0. The van der Waals surface area contributed by atoms with E-state index in [1.54, 1.807) is 0 Å². The Bertz CT molecular complexity index is 1760. The highest BCUT2D eigenvalue weighted by Crippen LogP contribution is 2.45. The molecule has 0 rings (SSSR count). The van der Waals surface area contributed by atoms with E-state index in [1.807, 2.05) is 0 Å². The van der Waals surface area contributed by atoms with Crippen LogP contribution in [0, 0.1) is 5.92 Å². The number of aliphatic hydroxyl groups is 1. The van der Waals surface area contributed by atoms with Gasteiger partial charge in [-0.25, -0.2) is 9.13 Å². The van der Waals surface area contributed by atoms with Crippen molar-refractivity contribution in [2.75, 3.05) is 39.6 Å². The van der Waals surface area contributed by atoms with Gasteiger partial charge in [0, 0.05) is 25.7 Å². The maximum absolute atomic E-state index is 13.0. The summed E-state index contributed by atoms with van der Waals surface area (Å²) in [7, 11) is -9.90. The van der Waals surface area contributed by atoms with Gasteiger partial charge in [-0.15, -0.1) is 0 Å². The third-order valence-corrected chi connectivity index (χ3v) is 19.0. The quantitative estimate of drug-likeness (QED) is 0.0222. The molecule has 0 radical (unpaired) electrons. The fourth-order valence-corrected chi connectivity index (χ4v) is 12.5. The van der Waals surface area contributed by atoms with E-state index < -0.39 is 97.5 Å².